The van der Waals surface area contributed by atoms with Gasteiger partial charge in [-0.2, -0.15) is 18.4 Å². The molecule has 3 heterocycles. The number of pyridine rings is 1. The lowest BCUT2D eigenvalue weighted by molar-refractivity contribution is -0.173. The summed E-state index contributed by atoms with van der Waals surface area (Å²) in [6, 6.07) is 12.8. The van der Waals surface area contributed by atoms with Crippen molar-refractivity contribution < 1.29 is 27.5 Å². The Hall–Kier alpha value is -4.24. The van der Waals surface area contributed by atoms with Gasteiger partial charge in [0.15, 0.2) is 5.69 Å². The maximum absolute atomic E-state index is 14.0. The molecule has 0 spiro atoms. The van der Waals surface area contributed by atoms with Gasteiger partial charge in [0.2, 0.25) is 11.2 Å². The van der Waals surface area contributed by atoms with Gasteiger partial charge in [-0.25, -0.2) is 0 Å². The van der Waals surface area contributed by atoms with E-state index in [0.717, 1.165) is 31.0 Å². The smallest absolute Gasteiger partial charge is 0.408 e. The summed E-state index contributed by atoms with van der Waals surface area (Å²) in [4.78, 5) is 39.4. The van der Waals surface area contributed by atoms with E-state index in [1.807, 2.05) is 18.2 Å². The molecule has 5 rings (SSSR count). The fourth-order valence-electron chi connectivity index (χ4n) is 4.86. The summed E-state index contributed by atoms with van der Waals surface area (Å²) in [5.74, 6) is -2.15. The molecule has 0 fully saturated rings. The first-order chi connectivity index (χ1) is 18.5. The fraction of sp³-hybridized carbons (Fsp3) is 0.259. The minimum absolute atomic E-state index is 0.407. The number of esters is 1. The average molecular weight is 555 g/mol. The molecule has 2 atom stereocenters. The molecule has 12 heteroatoms. The number of carbonyl (C=O) groups is 2. The Balaban J connectivity index is 1.82. The van der Waals surface area contributed by atoms with Crippen LogP contribution in [0.15, 0.2) is 64.4 Å². The second-order valence-electron chi connectivity index (χ2n) is 9.10. The molecular weight excluding hydrogens is 533 g/mol. The number of thioether (sulfide) groups is 1. The van der Waals surface area contributed by atoms with Crippen molar-refractivity contribution in [1.29, 1.82) is 5.26 Å². The number of halogens is 3. The third-order valence-electron chi connectivity index (χ3n) is 6.74. The van der Waals surface area contributed by atoms with Crippen LogP contribution in [-0.2, 0) is 10.5 Å². The van der Waals surface area contributed by atoms with Crippen LogP contribution in [-0.4, -0.2) is 40.3 Å². The number of carbonyl (C=O) groups excluding carboxylic acids is 2. The highest BCUT2D eigenvalue weighted by molar-refractivity contribution is 7.98. The van der Waals surface area contributed by atoms with Gasteiger partial charge < -0.3 is 9.64 Å². The Morgan fingerprint density at radius 1 is 1.13 bits per heavy atom. The van der Waals surface area contributed by atoms with Crippen molar-refractivity contribution in [2.24, 2.45) is 0 Å². The second kappa shape index (κ2) is 9.81. The standard InChI is InChI=1S/C27H21F3N4O4S/c1-15(27(28,29)30)32-14-34(33-11-10-21(36)24(38-16(2)35)23(33)26(32)37)22-19-8-4-3-6-18(19)13-39-25-17(12-31)7-5-9-20(22)25/h3-11,15,22H,13-14H2,1-2H3/t15-,22+/m1/s1. The summed E-state index contributed by atoms with van der Waals surface area (Å²) in [6.07, 6.45) is -3.49. The molecule has 0 bridgehead atoms. The van der Waals surface area contributed by atoms with Gasteiger partial charge in [-0.1, -0.05) is 36.4 Å². The molecule has 1 aromatic heterocycles. The fourth-order valence-corrected chi connectivity index (χ4v) is 6.03. The molecule has 0 unspecified atom stereocenters. The molecule has 2 aromatic carbocycles. The molecule has 2 aliphatic heterocycles. The monoisotopic (exact) mass is 554 g/mol. The van der Waals surface area contributed by atoms with E-state index in [9.17, 15) is 32.8 Å². The van der Waals surface area contributed by atoms with Crippen LogP contribution in [0.1, 0.15) is 52.6 Å². The summed E-state index contributed by atoms with van der Waals surface area (Å²) >= 11 is 1.44. The molecule has 0 N–H and O–H groups in total. The highest BCUT2D eigenvalue weighted by atomic mass is 32.2. The number of nitriles is 1. The molecule has 0 radical (unpaired) electrons. The lowest BCUT2D eigenvalue weighted by Gasteiger charge is -2.46. The van der Waals surface area contributed by atoms with Gasteiger partial charge in [-0.15, -0.1) is 11.8 Å². The SMILES string of the molecule is CC(=O)Oc1c2n(ccc1=O)N([C@H]1c3ccccc3CSc3c(C#N)cccc31)CN([C@H](C)C(F)(F)F)C2=O. The Kier molecular flexibility index (Phi) is 6.64. The Morgan fingerprint density at radius 2 is 1.85 bits per heavy atom. The highest BCUT2D eigenvalue weighted by Crippen LogP contribution is 2.44. The van der Waals surface area contributed by atoms with Crippen LogP contribution in [0.2, 0.25) is 0 Å². The number of nitrogens with zero attached hydrogens (tertiary/aromatic N) is 4. The number of ether oxygens (including phenoxy) is 1. The molecule has 8 nitrogen and oxygen atoms in total. The quantitative estimate of drug-likeness (QED) is 0.445. The Morgan fingerprint density at radius 3 is 2.54 bits per heavy atom. The molecule has 39 heavy (non-hydrogen) atoms. The third kappa shape index (κ3) is 4.52. The number of rotatable bonds is 3. The Labute approximate surface area is 225 Å². The van der Waals surface area contributed by atoms with Crippen molar-refractivity contribution in [2.75, 3.05) is 11.7 Å². The van der Waals surface area contributed by atoms with E-state index in [1.54, 1.807) is 24.3 Å². The normalized spacial score (nSPS) is 17.3. The third-order valence-corrected chi connectivity index (χ3v) is 7.94. The predicted molar refractivity (Wildman–Crippen MR) is 136 cm³/mol. The average Bonchev–Trinajstić information content (AvgIpc) is 3.06. The van der Waals surface area contributed by atoms with Crippen LogP contribution in [0, 0.1) is 11.3 Å². The van der Waals surface area contributed by atoms with Crippen molar-refractivity contribution in [1.82, 2.24) is 9.58 Å². The molecule has 0 aliphatic carbocycles. The van der Waals surface area contributed by atoms with E-state index < -0.39 is 53.7 Å². The zero-order valence-corrected chi connectivity index (χ0v) is 21.5. The van der Waals surface area contributed by atoms with Gasteiger partial charge in [0.05, 0.1) is 11.6 Å². The molecule has 200 valence electrons. The van der Waals surface area contributed by atoms with E-state index in [0.29, 0.717) is 26.7 Å². The van der Waals surface area contributed by atoms with Crippen LogP contribution in [0.3, 0.4) is 0 Å². The largest absolute Gasteiger partial charge is 0.420 e. The summed E-state index contributed by atoms with van der Waals surface area (Å²) in [7, 11) is 0. The summed E-state index contributed by atoms with van der Waals surface area (Å²) in [5.41, 5.74) is 1.39. The maximum atomic E-state index is 14.0. The van der Waals surface area contributed by atoms with Crippen molar-refractivity contribution in [3.8, 4) is 11.8 Å². The van der Waals surface area contributed by atoms with E-state index in [-0.39, 0.29) is 0 Å². The Bertz CT molecular complexity index is 1600. The molecule has 0 saturated carbocycles. The van der Waals surface area contributed by atoms with Crippen LogP contribution in [0.25, 0.3) is 0 Å². The minimum Gasteiger partial charge on any atom is -0.420 e. The zero-order chi connectivity index (χ0) is 28.1. The topological polar surface area (TPSA) is 95.6 Å². The van der Waals surface area contributed by atoms with E-state index >= 15 is 0 Å². The first-order valence-electron chi connectivity index (χ1n) is 11.8. The number of benzene rings is 2. The lowest BCUT2D eigenvalue weighted by atomic mass is 9.93. The molecule has 0 saturated heterocycles. The molecule has 1 amide bonds. The number of hydrogen-bond acceptors (Lipinski definition) is 7. The first-order valence-corrected chi connectivity index (χ1v) is 12.8. The van der Waals surface area contributed by atoms with Gasteiger partial charge >= 0.3 is 12.1 Å². The van der Waals surface area contributed by atoms with Crippen LogP contribution < -0.4 is 15.2 Å². The van der Waals surface area contributed by atoms with Gasteiger partial charge in [0, 0.05) is 29.8 Å². The van der Waals surface area contributed by atoms with Crippen LogP contribution in [0.4, 0.5) is 13.2 Å². The van der Waals surface area contributed by atoms with Crippen LogP contribution in [0.5, 0.6) is 5.75 Å². The molecule has 2 aliphatic rings. The van der Waals surface area contributed by atoms with Crippen molar-refractivity contribution >= 4 is 23.6 Å². The van der Waals surface area contributed by atoms with Crippen molar-refractivity contribution in [3.05, 3.63) is 92.9 Å². The zero-order valence-electron chi connectivity index (χ0n) is 20.7. The second-order valence-corrected chi connectivity index (χ2v) is 10.1. The number of aromatic nitrogens is 1. The number of hydrogen-bond donors (Lipinski definition) is 0. The minimum atomic E-state index is -4.77. The number of alkyl halides is 3. The van der Waals surface area contributed by atoms with Crippen molar-refractivity contribution in [2.45, 2.75) is 42.8 Å². The van der Waals surface area contributed by atoms with Gasteiger partial charge in [0.1, 0.15) is 18.8 Å². The van der Waals surface area contributed by atoms with Crippen molar-refractivity contribution in [3.63, 3.8) is 0 Å². The highest BCUT2D eigenvalue weighted by Gasteiger charge is 2.48. The van der Waals surface area contributed by atoms with Gasteiger partial charge in [-0.05, 0) is 29.7 Å². The first kappa shape index (κ1) is 26.4. The maximum Gasteiger partial charge on any atom is 0.408 e. The summed E-state index contributed by atoms with van der Waals surface area (Å²) in [5, 5.41) is 11.3. The number of fused-ring (bicyclic) bond motifs is 3. The molecule has 3 aromatic rings. The molecular formula is C27H21F3N4O4S. The number of amides is 1. The lowest BCUT2D eigenvalue weighted by Crippen LogP contribution is -2.60. The van der Waals surface area contributed by atoms with Gasteiger partial charge in [-0.3, -0.25) is 24.1 Å². The summed E-state index contributed by atoms with van der Waals surface area (Å²) in [6.45, 7) is 1.38. The van der Waals surface area contributed by atoms with E-state index in [1.165, 1.54) is 27.6 Å². The van der Waals surface area contributed by atoms with E-state index in [4.69, 9.17) is 4.74 Å². The predicted octanol–water partition coefficient (Wildman–Crippen LogP) is 4.34. The van der Waals surface area contributed by atoms with Gasteiger partial charge in [0.25, 0.3) is 5.91 Å². The van der Waals surface area contributed by atoms with E-state index in [2.05, 4.69) is 6.07 Å². The summed E-state index contributed by atoms with van der Waals surface area (Å²) < 4.78 is 48.3. The van der Waals surface area contributed by atoms with Crippen LogP contribution >= 0.6 is 11.8 Å².